The molecule has 2 heterocycles. The van der Waals surface area contributed by atoms with Crippen molar-refractivity contribution in [3.8, 4) is 0 Å². The summed E-state index contributed by atoms with van der Waals surface area (Å²) in [4.78, 5) is 8.94. The maximum Gasteiger partial charge on any atom is 0.146 e. The zero-order valence-corrected chi connectivity index (χ0v) is 13.3. The van der Waals surface area contributed by atoms with Crippen LogP contribution in [-0.4, -0.2) is 14.5 Å². The van der Waals surface area contributed by atoms with E-state index in [2.05, 4.69) is 42.2 Å². The molecule has 0 spiro atoms. The van der Waals surface area contributed by atoms with Crippen LogP contribution in [0.15, 0.2) is 0 Å². The average Bonchev–Trinajstić information content (AvgIpc) is 2.62. The van der Waals surface area contributed by atoms with Crippen LogP contribution in [0.1, 0.15) is 62.7 Å². The number of rotatable bonds is 5. The molecule has 1 unspecified atom stereocenters. The lowest BCUT2D eigenvalue weighted by molar-refractivity contribution is 0.479. The summed E-state index contributed by atoms with van der Waals surface area (Å²) < 4.78 is 2.34. The van der Waals surface area contributed by atoms with Crippen LogP contribution in [0.2, 0.25) is 0 Å². The van der Waals surface area contributed by atoms with Gasteiger partial charge in [0, 0.05) is 11.7 Å². The van der Waals surface area contributed by atoms with Gasteiger partial charge in [0.1, 0.15) is 17.3 Å². The lowest BCUT2D eigenvalue weighted by Gasteiger charge is -2.17. The van der Waals surface area contributed by atoms with E-state index in [1.807, 2.05) is 6.92 Å². The second-order valence-electron chi connectivity index (χ2n) is 5.78. The van der Waals surface area contributed by atoms with Gasteiger partial charge in [-0.25, -0.2) is 9.97 Å². The standard InChI is InChI=1S/C16H26N4/c1-6-7-8-9-10(2)20-12(4)11(3)14-15(17)18-13(5)19-16(14)20/h10H,6-9H2,1-5H3,(H2,17,18,19). The first-order valence-electron chi connectivity index (χ1n) is 7.58. The van der Waals surface area contributed by atoms with E-state index in [1.54, 1.807) is 0 Å². The normalized spacial score (nSPS) is 13.1. The Labute approximate surface area is 121 Å². The van der Waals surface area contributed by atoms with Crippen LogP contribution in [0.3, 0.4) is 0 Å². The lowest BCUT2D eigenvalue weighted by Crippen LogP contribution is -2.09. The third kappa shape index (κ3) is 2.51. The summed E-state index contributed by atoms with van der Waals surface area (Å²) in [6, 6.07) is 0.450. The summed E-state index contributed by atoms with van der Waals surface area (Å²) in [5.41, 5.74) is 9.56. The Morgan fingerprint density at radius 2 is 1.85 bits per heavy atom. The Hall–Kier alpha value is -1.58. The fraction of sp³-hybridized carbons (Fsp3) is 0.625. The zero-order valence-electron chi connectivity index (χ0n) is 13.3. The Balaban J connectivity index is 2.49. The minimum atomic E-state index is 0.450. The van der Waals surface area contributed by atoms with E-state index in [-0.39, 0.29) is 0 Å². The van der Waals surface area contributed by atoms with Crippen LogP contribution in [0.5, 0.6) is 0 Å². The van der Waals surface area contributed by atoms with Gasteiger partial charge in [-0.3, -0.25) is 0 Å². The molecule has 0 aliphatic rings. The molecule has 4 nitrogen and oxygen atoms in total. The molecule has 1 atom stereocenters. The maximum atomic E-state index is 6.10. The predicted octanol–water partition coefficient (Wildman–Crippen LogP) is 4.08. The molecule has 0 saturated carbocycles. The van der Waals surface area contributed by atoms with Crippen LogP contribution < -0.4 is 5.73 Å². The number of aromatic nitrogens is 3. The highest BCUT2D eigenvalue weighted by Gasteiger charge is 2.19. The molecule has 2 N–H and O–H groups in total. The zero-order chi connectivity index (χ0) is 14.9. The summed E-state index contributed by atoms with van der Waals surface area (Å²) in [5.74, 6) is 1.35. The highest BCUT2D eigenvalue weighted by atomic mass is 15.1. The number of fused-ring (bicyclic) bond motifs is 1. The topological polar surface area (TPSA) is 56.7 Å². The van der Waals surface area contributed by atoms with Crippen LogP contribution in [0.4, 0.5) is 5.82 Å². The second-order valence-corrected chi connectivity index (χ2v) is 5.78. The van der Waals surface area contributed by atoms with Crippen LogP contribution in [-0.2, 0) is 0 Å². The Morgan fingerprint density at radius 3 is 2.50 bits per heavy atom. The number of unbranched alkanes of at least 4 members (excludes halogenated alkanes) is 2. The number of nitrogens with two attached hydrogens (primary N) is 1. The van der Waals surface area contributed by atoms with Crippen molar-refractivity contribution in [2.24, 2.45) is 0 Å². The first kappa shape index (κ1) is 14.8. The SMILES string of the molecule is CCCCCC(C)n1c(C)c(C)c2c(N)nc(C)nc21. The summed E-state index contributed by atoms with van der Waals surface area (Å²) in [6.45, 7) is 10.7. The molecular weight excluding hydrogens is 248 g/mol. The summed E-state index contributed by atoms with van der Waals surface area (Å²) in [7, 11) is 0. The van der Waals surface area contributed by atoms with Gasteiger partial charge in [0.25, 0.3) is 0 Å². The second kappa shape index (κ2) is 5.81. The number of aryl methyl sites for hydroxylation is 2. The molecule has 0 fully saturated rings. The fourth-order valence-electron chi connectivity index (χ4n) is 2.99. The molecule has 110 valence electrons. The predicted molar refractivity (Wildman–Crippen MR) is 85.0 cm³/mol. The highest BCUT2D eigenvalue weighted by Crippen LogP contribution is 2.31. The van der Waals surface area contributed by atoms with Crippen LogP contribution in [0.25, 0.3) is 11.0 Å². The van der Waals surface area contributed by atoms with Crippen molar-refractivity contribution in [3.05, 3.63) is 17.1 Å². The van der Waals surface area contributed by atoms with Crippen molar-refractivity contribution < 1.29 is 0 Å². The number of hydrogen-bond donors (Lipinski definition) is 1. The summed E-state index contributed by atoms with van der Waals surface area (Å²) in [6.07, 6.45) is 4.99. The quantitative estimate of drug-likeness (QED) is 0.836. The van der Waals surface area contributed by atoms with Gasteiger partial charge < -0.3 is 10.3 Å². The molecule has 0 aliphatic heterocycles. The van der Waals surface area contributed by atoms with Crippen molar-refractivity contribution in [3.63, 3.8) is 0 Å². The molecule has 4 heteroatoms. The van der Waals surface area contributed by atoms with Gasteiger partial charge in [0.15, 0.2) is 0 Å². The Bertz CT molecular complexity index is 613. The number of hydrogen-bond acceptors (Lipinski definition) is 3. The Morgan fingerprint density at radius 1 is 1.15 bits per heavy atom. The fourth-order valence-corrected chi connectivity index (χ4v) is 2.99. The minimum absolute atomic E-state index is 0.450. The molecular formula is C16H26N4. The molecule has 2 aromatic heterocycles. The third-order valence-electron chi connectivity index (χ3n) is 4.20. The van der Waals surface area contributed by atoms with Gasteiger partial charge in [-0.15, -0.1) is 0 Å². The van der Waals surface area contributed by atoms with Gasteiger partial charge in [0.05, 0.1) is 5.39 Å². The number of nitrogen functional groups attached to an aromatic ring is 1. The number of nitrogens with zero attached hydrogens (tertiary/aromatic N) is 3. The van der Waals surface area contributed by atoms with Crippen molar-refractivity contribution in [1.82, 2.24) is 14.5 Å². The first-order valence-corrected chi connectivity index (χ1v) is 7.58. The monoisotopic (exact) mass is 274 g/mol. The van der Waals surface area contributed by atoms with Crippen LogP contribution >= 0.6 is 0 Å². The van der Waals surface area contributed by atoms with Gasteiger partial charge in [-0.2, -0.15) is 0 Å². The molecule has 0 aromatic carbocycles. The van der Waals surface area contributed by atoms with Crippen LogP contribution in [0, 0.1) is 20.8 Å². The van der Waals surface area contributed by atoms with Crippen molar-refractivity contribution in [2.75, 3.05) is 5.73 Å². The molecule has 2 rings (SSSR count). The van der Waals surface area contributed by atoms with E-state index >= 15 is 0 Å². The van der Waals surface area contributed by atoms with E-state index in [1.165, 1.54) is 36.9 Å². The van der Waals surface area contributed by atoms with E-state index in [0.717, 1.165) is 16.9 Å². The molecule has 0 bridgehead atoms. The van der Waals surface area contributed by atoms with Gasteiger partial charge >= 0.3 is 0 Å². The van der Waals surface area contributed by atoms with Crippen molar-refractivity contribution in [1.29, 1.82) is 0 Å². The maximum absolute atomic E-state index is 6.10. The minimum Gasteiger partial charge on any atom is -0.383 e. The van der Waals surface area contributed by atoms with Gasteiger partial charge in [-0.05, 0) is 39.7 Å². The van der Waals surface area contributed by atoms with E-state index in [9.17, 15) is 0 Å². The lowest BCUT2D eigenvalue weighted by atomic mass is 10.1. The smallest absolute Gasteiger partial charge is 0.146 e. The molecule has 0 saturated heterocycles. The van der Waals surface area contributed by atoms with Gasteiger partial charge in [-0.1, -0.05) is 26.2 Å². The van der Waals surface area contributed by atoms with E-state index in [4.69, 9.17) is 5.73 Å². The summed E-state index contributed by atoms with van der Waals surface area (Å²) in [5, 5.41) is 1.02. The molecule has 0 aliphatic carbocycles. The van der Waals surface area contributed by atoms with E-state index in [0.29, 0.717) is 11.9 Å². The molecule has 0 amide bonds. The molecule has 0 radical (unpaired) electrons. The Kier molecular flexibility index (Phi) is 4.31. The largest absolute Gasteiger partial charge is 0.383 e. The first-order chi connectivity index (χ1) is 9.47. The average molecular weight is 274 g/mol. The van der Waals surface area contributed by atoms with E-state index < -0.39 is 0 Å². The third-order valence-corrected chi connectivity index (χ3v) is 4.20. The highest BCUT2D eigenvalue weighted by molar-refractivity contribution is 5.91. The molecule has 2 aromatic rings. The molecule has 20 heavy (non-hydrogen) atoms. The van der Waals surface area contributed by atoms with Crippen molar-refractivity contribution in [2.45, 2.75) is 66.3 Å². The van der Waals surface area contributed by atoms with Gasteiger partial charge in [0.2, 0.25) is 0 Å². The van der Waals surface area contributed by atoms with Crippen molar-refractivity contribution >= 4 is 16.9 Å². The number of anilines is 1. The summed E-state index contributed by atoms with van der Waals surface area (Å²) >= 11 is 0.